The number of hydrogen-bond donors (Lipinski definition) is 2. The van der Waals surface area contributed by atoms with Crippen LogP contribution in [-0.4, -0.2) is 18.4 Å². The number of hydrogen-bond acceptors (Lipinski definition) is 3. The van der Waals surface area contributed by atoms with Crippen molar-refractivity contribution < 1.29 is 14.3 Å². The number of hydrazine groups is 1. The van der Waals surface area contributed by atoms with Crippen molar-refractivity contribution in [1.82, 2.24) is 10.9 Å². The van der Waals surface area contributed by atoms with Crippen LogP contribution in [0.2, 0.25) is 0 Å². The summed E-state index contributed by atoms with van der Waals surface area (Å²) in [6.07, 6.45) is 9.07. The van der Waals surface area contributed by atoms with Crippen LogP contribution in [0.15, 0.2) is 24.3 Å². The van der Waals surface area contributed by atoms with Crippen molar-refractivity contribution in [3.05, 3.63) is 29.8 Å². The van der Waals surface area contributed by atoms with Crippen molar-refractivity contribution in [3.63, 3.8) is 0 Å². The molecule has 1 aromatic rings. The Labute approximate surface area is 144 Å². The molecule has 1 aliphatic carbocycles. The Morgan fingerprint density at radius 3 is 2.46 bits per heavy atom. The minimum Gasteiger partial charge on any atom is -0.494 e. The van der Waals surface area contributed by atoms with Crippen molar-refractivity contribution in [2.45, 2.75) is 58.3 Å². The van der Waals surface area contributed by atoms with Crippen LogP contribution in [0.4, 0.5) is 0 Å². The van der Waals surface area contributed by atoms with E-state index in [2.05, 4.69) is 10.9 Å². The lowest BCUT2D eigenvalue weighted by Gasteiger charge is -2.21. The SMILES string of the molecule is CCOc1ccc(C(=O)NNC(=O)CCCC2CCCCC2)cc1. The Morgan fingerprint density at radius 2 is 1.79 bits per heavy atom. The predicted octanol–water partition coefficient (Wildman–Crippen LogP) is 3.60. The average molecular weight is 332 g/mol. The average Bonchev–Trinajstić information content (AvgIpc) is 2.61. The van der Waals surface area contributed by atoms with Gasteiger partial charge >= 0.3 is 0 Å². The van der Waals surface area contributed by atoms with Gasteiger partial charge in [-0.2, -0.15) is 0 Å². The maximum Gasteiger partial charge on any atom is 0.269 e. The molecule has 24 heavy (non-hydrogen) atoms. The minimum absolute atomic E-state index is 0.134. The molecule has 0 unspecified atom stereocenters. The molecule has 0 saturated heterocycles. The van der Waals surface area contributed by atoms with Gasteiger partial charge in [-0.3, -0.25) is 20.4 Å². The number of rotatable bonds is 7. The van der Waals surface area contributed by atoms with Gasteiger partial charge in [-0.05, 0) is 49.9 Å². The summed E-state index contributed by atoms with van der Waals surface area (Å²) in [5, 5.41) is 0. The topological polar surface area (TPSA) is 67.4 Å². The number of carbonyl (C=O) groups is 2. The molecule has 1 fully saturated rings. The largest absolute Gasteiger partial charge is 0.494 e. The first-order chi connectivity index (χ1) is 11.7. The third-order valence-corrected chi connectivity index (χ3v) is 4.48. The Morgan fingerprint density at radius 1 is 1.08 bits per heavy atom. The van der Waals surface area contributed by atoms with Gasteiger partial charge in [0.15, 0.2) is 0 Å². The highest BCUT2D eigenvalue weighted by molar-refractivity contribution is 5.95. The van der Waals surface area contributed by atoms with Crippen LogP contribution in [0.1, 0.15) is 68.6 Å². The van der Waals surface area contributed by atoms with Crippen LogP contribution in [0, 0.1) is 5.92 Å². The minimum atomic E-state index is -0.321. The molecule has 1 saturated carbocycles. The molecular formula is C19H28N2O3. The van der Waals surface area contributed by atoms with E-state index < -0.39 is 0 Å². The van der Waals surface area contributed by atoms with Crippen LogP contribution < -0.4 is 15.6 Å². The number of carbonyl (C=O) groups excluding carboxylic acids is 2. The Kier molecular flexibility index (Phi) is 7.59. The van der Waals surface area contributed by atoms with Crippen LogP contribution in [0.25, 0.3) is 0 Å². The van der Waals surface area contributed by atoms with E-state index in [0.29, 0.717) is 18.6 Å². The summed E-state index contributed by atoms with van der Waals surface area (Å²) in [6.45, 7) is 2.49. The third-order valence-electron chi connectivity index (χ3n) is 4.48. The fraction of sp³-hybridized carbons (Fsp3) is 0.579. The zero-order valence-corrected chi connectivity index (χ0v) is 14.5. The van der Waals surface area contributed by atoms with E-state index in [1.807, 2.05) is 6.92 Å². The summed E-state index contributed by atoms with van der Waals surface area (Å²) in [6, 6.07) is 6.83. The van der Waals surface area contributed by atoms with Crippen LogP contribution in [0.5, 0.6) is 5.75 Å². The van der Waals surface area contributed by atoms with Gasteiger partial charge in [0.05, 0.1) is 6.61 Å². The first kappa shape index (κ1) is 18.3. The van der Waals surface area contributed by atoms with Gasteiger partial charge in [0.1, 0.15) is 5.75 Å². The van der Waals surface area contributed by atoms with Crippen molar-refractivity contribution in [2.24, 2.45) is 5.92 Å². The van der Waals surface area contributed by atoms with Crippen molar-refractivity contribution in [1.29, 1.82) is 0 Å². The zero-order valence-electron chi connectivity index (χ0n) is 14.5. The summed E-state index contributed by atoms with van der Waals surface area (Å²) in [5.74, 6) is 1.05. The maximum atomic E-state index is 12.0. The second-order valence-electron chi connectivity index (χ2n) is 6.36. The molecule has 2 rings (SSSR count). The summed E-state index contributed by atoms with van der Waals surface area (Å²) >= 11 is 0. The van der Waals surface area contributed by atoms with E-state index >= 15 is 0 Å². The van der Waals surface area contributed by atoms with Gasteiger partial charge in [-0.15, -0.1) is 0 Å². The summed E-state index contributed by atoms with van der Waals surface area (Å²) in [5.41, 5.74) is 5.44. The molecule has 0 aromatic heterocycles. The van der Waals surface area contributed by atoms with Crippen LogP contribution in [0.3, 0.4) is 0 Å². The second-order valence-corrected chi connectivity index (χ2v) is 6.36. The number of nitrogens with one attached hydrogen (secondary N) is 2. The molecule has 5 heteroatoms. The lowest BCUT2D eigenvalue weighted by molar-refractivity contribution is -0.122. The zero-order chi connectivity index (χ0) is 17.2. The molecule has 132 valence electrons. The highest BCUT2D eigenvalue weighted by atomic mass is 16.5. The Balaban J connectivity index is 1.64. The molecule has 5 nitrogen and oxygen atoms in total. The summed E-state index contributed by atoms with van der Waals surface area (Å²) in [7, 11) is 0. The van der Waals surface area contributed by atoms with E-state index in [1.54, 1.807) is 24.3 Å². The Hall–Kier alpha value is -2.04. The number of ether oxygens (including phenoxy) is 1. The first-order valence-corrected chi connectivity index (χ1v) is 9.01. The molecule has 2 N–H and O–H groups in total. The molecular weight excluding hydrogens is 304 g/mol. The maximum absolute atomic E-state index is 12.0. The number of amides is 2. The van der Waals surface area contributed by atoms with Gasteiger partial charge in [0.25, 0.3) is 5.91 Å². The van der Waals surface area contributed by atoms with E-state index in [0.717, 1.165) is 24.5 Å². The third kappa shape index (κ3) is 6.22. The highest BCUT2D eigenvalue weighted by Crippen LogP contribution is 2.27. The molecule has 1 aliphatic rings. The molecule has 0 bridgehead atoms. The van der Waals surface area contributed by atoms with Gasteiger partial charge in [0, 0.05) is 12.0 Å². The van der Waals surface area contributed by atoms with E-state index in [-0.39, 0.29) is 11.8 Å². The van der Waals surface area contributed by atoms with Crippen molar-refractivity contribution in [2.75, 3.05) is 6.61 Å². The van der Waals surface area contributed by atoms with E-state index in [9.17, 15) is 9.59 Å². The smallest absolute Gasteiger partial charge is 0.269 e. The van der Waals surface area contributed by atoms with Gasteiger partial charge in [-0.1, -0.05) is 32.1 Å². The molecule has 0 aliphatic heterocycles. The second kappa shape index (κ2) is 9.96. The van der Waals surface area contributed by atoms with Crippen molar-refractivity contribution >= 4 is 11.8 Å². The molecule has 0 radical (unpaired) electrons. The summed E-state index contributed by atoms with van der Waals surface area (Å²) < 4.78 is 5.33. The Bertz CT molecular complexity index is 522. The van der Waals surface area contributed by atoms with Crippen molar-refractivity contribution in [3.8, 4) is 5.75 Å². The monoisotopic (exact) mass is 332 g/mol. The highest BCUT2D eigenvalue weighted by Gasteiger charge is 2.14. The van der Waals surface area contributed by atoms with Gasteiger partial charge in [0.2, 0.25) is 5.91 Å². The van der Waals surface area contributed by atoms with E-state index in [1.165, 1.54) is 32.1 Å². The lowest BCUT2D eigenvalue weighted by Crippen LogP contribution is -2.41. The first-order valence-electron chi connectivity index (χ1n) is 9.01. The molecule has 2 amide bonds. The normalized spacial score (nSPS) is 14.9. The van der Waals surface area contributed by atoms with Gasteiger partial charge < -0.3 is 4.74 Å². The van der Waals surface area contributed by atoms with Crippen LogP contribution >= 0.6 is 0 Å². The van der Waals surface area contributed by atoms with E-state index in [4.69, 9.17) is 4.74 Å². The number of benzene rings is 1. The predicted molar refractivity (Wildman–Crippen MR) is 93.6 cm³/mol. The summed E-state index contributed by atoms with van der Waals surface area (Å²) in [4.78, 5) is 23.8. The fourth-order valence-corrected chi connectivity index (χ4v) is 3.16. The standard InChI is InChI=1S/C19H28N2O3/c1-2-24-17-13-11-16(12-14-17)19(23)21-20-18(22)10-6-9-15-7-4-3-5-8-15/h11-15H,2-10H2,1H3,(H,20,22)(H,21,23). The molecule has 1 aromatic carbocycles. The molecule has 0 spiro atoms. The lowest BCUT2D eigenvalue weighted by atomic mass is 9.86. The molecule has 0 atom stereocenters. The fourth-order valence-electron chi connectivity index (χ4n) is 3.16. The van der Waals surface area contributed by atoms with Crippen LogP contribution in [-0.2, 0) is 4.79 Å². The molecule has 0 heterocycles. The van der Waals surface area contributed by atoms with Gasteiger partial charge in [-0.25, -0.2) is 0 Å². The quantitative estimate of drug-likeness (QED) is 0.750.